The van der Waals surface area contributed by atoms with E-state index in [1.54, 1.807) is 0 Å². The first-order valence-electron chi connectivity index (χ1n) is 7.14. The fourth-order valence-electron chi connectivity index (χ4n) is 2.03. The highest BCUT2D eigenvalue weighted by molar-refractivity contribution is 7.16. The minimum absolute atomic E-state index is 0.180. The molecule has 0 aliphatic heterocycles. The zero-order chi connectivity index (χ0) is 16.1. The van der Waals surface area contributed by atoms with Crippen molar-refractivity contribution >= 4 is 22.4 Å². The first-order valence-corrected chi connectivity index (χ1v) is 7.96. The normalized spacial score (nSPS) is 12.4. The monoisotopic (exact) mass is 319 g/mol. The molecule has 118 valence electrons. The molecule has 0 aliphatic carbocycles. The lowest BCUT2D eigenvalue weighted by Crippen LogP contribution is -2.39. The molecule has 3 N–H and O–H groups in total. The van der Waals surface area contributed by atoms with Crippen LogP contribution in [0, 0.1) is 0 Å². The SMILES string of the molecule is COCC(N)C(=O)Nc1nc(-c2ccccc2)c(C(C)C)s1. The number of thiazole rings is 1. The van der Waals surface area contributed by atoms with Gasteiger partial charge in [-0.05, 0) is 5.92 Å². The van der Waals surface area contributed by atoms with Gasteiger partial charge in [-0.1, -0.05) is 44.2 Å². The summed E-state index contributed by atoms with van der Waals surface area (Å²) < 4.78 is 4.90. The summed E-state index contributed by atoms with van der Waals surface area (Å²) in [4.78, 5) is 17.7. The van der Waals surface area contributed by atoms with Crippen LogP contribution in [0.5, 0.6) is 0 Å². The number of ether oxygens (including phenoxy) is 1. The number of nitrogens with one attached hydrogen (secondary N) is 1. The van der Waals surface area contributed by atoms with Crippen LogP contribution in [0.3, 0.4) is 0 Å². The number of methoxy groups -OCH3 is 1. The molecule has 22 heavy (non-hydrogen) atoms. The maximum Gasteiger partial charge on any atom is 0.245 e. The third-order valence-electron chi connectivity index (χ3n) is 3.14. The van der Waals surface area contributed by atoms with Crippen LogP contribution in [0.2, 0.25) is 0 Å². The Labute approximate surface area is 134 Å². The Hall–Kier alpha value is -1.76. The number of nitrogens with two attached hydrogens (primary N) is 1. The standard InChI is InChI=1S/C16H21N3O2S/c1-10(2)14-13(11-7-5-4-6-8-11)18-16(22-14)19-15(20)12(17)9-21-3/h4-8,10,12H,9,17H2,1-3H3,(H,18,19,20). The number of carbonyl (C=O) groups is 1. The molecular weight excluding hydrogens is 298 g/mol. The largest absolute Gasteiger partial charge is 0.383 e. The maximum absolute atomic E-state index is 12.0. The van der Waals surface area contributed by atoms with Gasteiger partial charge in [0.2, 0.25) is 5.91 Å². The van der Waals surface area contributed by atoms with Crippen LogP contribution in [0.25, 0.3) is 11.3 Å². The molecule has 5 nitrogen and oxygen atoms in total. The molecule has 1 amide bonds. The second-order valence-corrected chi connectivity index (χ2v) is 6.33. The number of aromatic nitrogens is 1. The molecule has 1 unspecified atom stereocenters. The Balaban J connectivity index is 2.26. The molecular formula is C16H21N3O2S. The molecule has 0 saturated heterocycles. The summed E-state index contributed by atoms with van der Waals surface area (Å²) in [5.41, 5.74) is 7.69. The maximum atomic E-state index is 12.0. The molecule has 0 fully saturated rings. The van der Waals surface area contributed by atoms with E-state index in [1.807, 2.05) is 30.3 Å². The Morgan fingerprint density at radius 2 is 2.05 bits per heavy atom. The summed E-state index contributed by atoms with van der Waals surface area (Å²) in [6, 6.07) is 9.26. The summed E-state index contributed by atoms with van der Waals surface area (Å²) >= 11 is 1.49. The number of anilines is 1. The van der Waals surface area contributed by atoms with Crippen molar-refractivity contribution in [2.75, 3.05) is 19.0 Å². The zero-order valence-electron chi connectivity index (χ0n) is 13.0. The smallest absolute Gasteiger partial charge is 0.245 e. The van der Waals surface area contributed by atoms with E-state index in [-0.39, 0.29) is 12.5 Å². The predicted octanol–water partition coefficient (Wildman–Crippen LogP) is 2.85. The van der Waals surface area contributed by atoms with Crippen molar-refractivity contribution in [1.82, 2.24) is 4.98 Å². The molecule has 1 atom stereocenters. The van der Waals surface area contributed by atoms with Crippen LogP contribution in [-0.2, 0) is 9.53 Å². The molecule has 2 aromatic rings. The van der Waals surface area contributed by atoms with E-state index in [9.17, 15) is 4.79 Å². The Morgan fingerprint density at radius 1 is 1.36 bits per heavy atom. The van der Waals surface area contributed by atoms with E-state index in [4.69, 9.17) is 10.5 Å². The number of rotatable bonds is 6. The molecule has 1 aromatic carbocycles. The quantitative estimate of drug-likeness (QED) is 0.858. The van der Waals surface area contributed by atoms with E-state index in [0.717, 1.165) is 16.1 Å². The van der Waals surface area contributed by atoms with Crippen molar-refractivity contribution in [3.05, 3.63) is 35.2 Å². The summed E-state index contributed by atoms with van der Waals surface area (Å²) in [6.07, 6.45) is 0. The van der Waals surface area contributed by atoms with E-state index < -0.39 is 6.04 Å². The Morgan fingerprint density at radius 3 is 2.64 bits per heavy atom. The lowest BCUT2D eigenvalue weighted by atomic mass is 10.1. The molecule has 2 rings (SSSR count). The van der Waals surface area contributed by atoms with E-state index in [0.29, 0.717) is 11.0 Å². The zero-order valence-corrected chi connectivity index (χ0v) is 13.8. The summed E-state index contributed by atoms with van der Waals surface area (Å²) in [6.45, 7) is 4.41. The fourth-order valence-corrected chi connectivity index (χ4v) is 3.03. The molecule has 6 heteroatoms. The second-order valence-electron chi connectivity index (χ2n) is 5.30. The summed E-state index contributed by atoms with van der Waals surface area (Å²) in [5, 5.41) is 3.34. The van der Waals surface area contributed by atoms with Gasteiger partial charge in [0.1, 0.15) is 6.04 Å². The van der Waals surface area contributed by atoms with Gasteiger partial charge in [-0.3, -0.25) is 4.79 Å². The van der Waals surface area contributed by atoms with Gasteiger partial charge < -0.3 is 15.8 Å². The number of carbonyl (C=O) groups excluding carboxylic acids is 1. The molecule has 1 aromatic heterocycles. The van der Waals surface area contributed by atoms with Crippen molar-refractivity contribution in [3.63, 3.8) is 0 Å². The van der Waals surface area contributed by atoms with Crippen LogP contribution in [0.15, 0.2) is 30.3 Å². The van der Waals surface area contributed by atoms with Crippen molar-refractivity contribution in [3.8, 4) is 11.3 Å². The van der Waals surface area contributed by atoms with Crippen molar-refractivity contribution < 1.29 is 9.53 Å². The van der Waals surface area contributed by atoms with Gasteiger partial charge in [-0.15, -0.1) is 11.3 Å². The van der Waals surface area contributed by atoms with Crippen LogP contribution in [0.1, 0.15) is 24.6 Å². The average molecular weight is 319 g/mol. The van der Waals surface area contributed by atoms with Gasteiger partial charge in [-0.25, -0.2) is 4.98 Å². The Bertz CT molecular complexity index is 626. The van der Waals surface area contributed by atoms with E-state index >= 15 is 0 Å². The highest BCUT2D eigenvalue weighted by Crippen LogP contribution is 2.36. The van der Waals surface area contributed by atoms with Gasteiger partial charge in [0.25, 0.3) is 0 Å². The van der Waals surface area contributed by atoms with Gasteiger partial charge >= 0.3 is 0 Å². The topological polar surface area (TPSA) is 77.2 Å². The molecule has 0 spiro atoms. The third-order valence-corrected chi connectivity index (χ3v) is 4.41. The fraction of sp³-hybridized carbons (Fsp3) is 0.375. The summed E-state index contributed by atoms with van der Waals surface area (Å²) in [7, 11) is 1.51. The highest BCUT2D eigenvalue weighted by atomic mass is 32.1. The predicted molar refractivity (Wildman–Crippen MR) is 90.1 cm³/mol. The Kier molecular flexibility index (Phi) is 5.65. The number of amides is 1. The number of hydrogen-bond donors (Lipinski definition) is 2. The van der Waals surface area contributed by atoms with Gasteiger partial charge in [0.15, 0.2) is 5.13 Å². The van der Waals surface area contributed by atoms with Crippen LogP contribution >= 0.6 is 11.3 Å². The van der Waals surface area contributed by atoms with Crippen LogP contribution < -0.4 is 11.1 Å². The van der Waals surface area contributed by atoms with E-state index in [1.165, 1.54) is 18.4 Å². The van der Waals surface area contributed by atoms with Crippen LogP contribution in [0.4, 0.5) is 5.13 Å². The van der Waals surface area contributed by atoms with Gasteiger partial charge in [0.05, 0.1) is 12.3 Å². The first-order chi connectivity index (χ1) is 10.5. The van der Waals surface area contributed by atoms with Crippen LogP contribution in [-0.4, -0.2) is 30.6 Å². The van der Waals surface area contributed by atoms with Gasteiger partial charge in [-0.2, -0.15) is 0 Å². The molecule has 0 aliphatic rings. The lowest BCUT2D eigenvalue weighted by Gasteiger charge is -2.08. The van der Waals surface area contributed by atoms with E-state index in [2.05, 4.69) is 24.1 Å². The van der Waals surface area contributed by atoms with Crippen molar-refractivity contribution in [2.24, 2.45) is 5.73 Å². The molecule has 1 heterocycles. The third kappa shape index (κ3) is 3.91. The summed E-state index contributed by atoms with van der Waals surface area (Å²) in [5.74, 6) is 0.0384. The minimum Gasteiger partial charge on any atom is -0.383 e. The number of nitrogens with zero attached hydrogens (tertiary/aromatic N) is 1. The molecule has 0 saturated carbocycles. The number of hydrogen-bond acceptors (Lipinski definition) is 5. The van der Waals surface area contributed by atoms with Crippen molar-refractivity contribution in [2.45, 2.75) is 25.8 Å². The molecule has 0 bridgehead atoms. The van der Waals surface area contributed by atoms with Crippen molar-refractivity contribution in [1.29, 1.82) is 0 Å². The molecule has 0 radical (unpaired) electrons. The van der Waals surface area contributed by atoms with Gasteiger partial charge in [0, 0.05) is 17.6 Å². The first kappa shape index (κ1) is 16.6. The highest BCUT2D eigenvalue weighted by Gasteiger charge is 2.19. The second kappa shape index (κ2) is 7.49. The lowest BCUT2D eigenvalue weighted by molar-refractivity contribution is -0.118. The average Bonchev–Trinajstić information content (AvgIpc) is 2.92. The number of benzene rings is 1. The minimum atomic E-state index is -0.698.